The molecule has 0 saturated heterocycles. The third kappa shape index (κ3) is 9.60. The molecule has 0 atom stereocenters. The van der Waals surface area contributed by atoms with Crippen molar-refractivity contribution in [3.05, 3.63) is 147 Å². The van der Waals surface area contributed by atoms with Gasteiger partial charge in [0, 0.05) is 50.0 Å². The first kappa shape index (κ1) is 41.5. The first-order valence-corrected chi connectivity index (χ1v) is 18.2. The van der Waals surface area contributed by atoms with Crippen molar-refractivity contribution in [1.82, 2.24) is 9.13 Å². The van der Waals surface area contributed by atoms with Gasteiger partial charge >= 0.3 is 11.9 Å². The van der Waals surface area contributed by atoms with Crippen LogP contribution >= 0.6 is 11.6 Å². The Morgan fingerprint density at radius 3 is 1.51 bits per heavy atom. The predicted molar refractivity (Wildman–Crippen MR) is 217 cm³/mol. The van der Waals surface area contributed by atoms with Crippen molar-refractivity contribution < 1.29 is 38.5 Å². The maximum Gasteiger partial charge on any atom is 0.303 e. The Kier molecular flexibility index (Phi) is 13.0. The number of primary amides is 2. The molecule has 4 aromatic carbocycles. The largest absolute Gasteiger partial charge is 0.497 e. The molecule has 6 rings (SSSR count). The van der Waals surface area contributed by atoms with Crippen LogP contribution < -0.4 is 16.2 Å². The van der Waals surface area contributed by atoms with E-state index < -0.39 is 29.6 Å². The van der Waals surface area contributed by atoms with E-state index in [1.807, 2.05) is 57.2 Å². The van der Waals surface area contributed by atoms with Gasteiger partial charge in [-0.25, -0.2) is 4.39 Å². The second-order valence-corrected chi connectivity index (χ2v) is 13.9. The van der Waals surface area contributed by atoms with Crippen LogP contribution in [0, 0.1) is 26.6 Å². The van der Waals surface area contributed by atoms with Crippen molar-refractivity contribution in [3.63, 3.8) is 0 Å². The third-order valence-electron chi connectivity index (χ3n) is 9.47. The number of amides is 2. The van der Waals surface area contributed by atoms with Gasteiger partial charge in [0.15, 0.2) is 0 Å². The number of halogens is 2. The molecular weight excluding hydrogens is 751 g/mol. The Morgan fingerprint density at radius 2 is 1.11 bits per heavy atom. The van der Waals surface area contributed by atoms with Crippen LogP contribution in [0.3, 0.4) is 0 Å². The molecule has 57 heavy (non-hydrogen) atoms. The zero-order chi connectivity index (χ0) is 41.6. The number of rotatable bonds is 13. The maximum atomic E-state index is 14.6. The maximum absolute atomic E-state index is 14.6. The highest BCUT2D eigenvalue weighted by Gasteiger charge is 2.19. The van der Waals surface area contributed by atoms with E-state index in [-0.39, 0.29) is 24.3 Å². The number of benzene rings is 4. The molecule has 2 amide bonds. The molecule has 2 heterocycles. The number of carbonyl (C=O) groups excluding carboxylic acids is 2. The van der Waals surface area contributed by atoms with Gasteiger partial charge in [-0.2, -0.15) is 0 Å². The average molecular weight is 793 g/mol. The molecule has 0 aliphatic rings. The first-order valence-electron chi connectivity index (χ1n) is 17.9. The van der Waals surface area contributed by atoms with E-state index in [2.05, 4.69) is 4.57 Å². The van der Waals surface area contributed by atoms with E-state index in [1.165, 1.54) is 6.07 Å². The van der Waals surface area contributed by atoms with Gasteiger partial charge in [-0.1, -0.05) is 11.6 Å². The lowest BCUT2D eigenvalue weighted by molar-refractivity contribution is -0.138. The van der Waals surface area contributed by atoms with Crippen molar-refractivity contribution >= 4 is 35.4 Å². The smallest absolute Gasteiger partial charge is 0.303 e. The number of aromatic nitrogens is 2. The number of aryl methyl sites for hydroxylation is 5. The zero-order valence-corrected chi connectivity index (χ0v) is 32.6. The number of nitrogens with zero attached hydrogens (tertiary/aromatic N) is 2. The number of hydrogen-bond acceptors (Lipinski definition) is 5. The number of carbonyl (C=O) groups is 4. The standard InChI is InChI=1S/C23H24N2O4.C21H18ClFN2O3/c1-14-13-18(29-3)7-8-19(14)21-10-5-17(6-11-22(26)27)25(21)20-9-4-16(23(24)28)12-15(20)2;1-12-10-13(21(24)28)2-7-18(12)25-15(5-9-20(26)27)4-8-19(25)16-6-3-14(22)11-17(16)23/h4-5,7-10,12-13H,6,11H2,1-3H3,(H2,24,28)(H,26,27);2-4,6-8,10-11H,5,9H2,1H3,(H2,24,28)(H,26,27). The van der Waals surface area contributed by atoms with E-state index in [9.17, 15) is 23.6 Å². The van der Waals surface area contributed by atoms with Gasteiger partial charge < -0.3 is 35.6 Å². The SMILES string of the molecule is COc1ccc(-c2ccc(CCC(=O)O)n2-c2ccc(C(N)=O)cc2C)c(C)c1.Cc1cc(C(N)=O)ccc1-n1c(CCC(=O)O)ccc1-c1ccc(Cl)cc1F. The van der Waals surface area contributed by atoms with Crippen LogP contribution in [0.2, 0.25) is 5.02 Å². The topological polar surface area (TPSA) is 180 Å². The zero-order valence-electron chi connectivity index (χ0n) is 31.8. The summed E-state index contributed by atoms with van der Waals surface area (Å²) in [4.78, 5) is 45.1. The Morgan fingerprint density at radius 1 is 0.632 bits per heavy atom. The summed E-state index contributed by atoms with van der Waals surface area (Å²) in [5.41, 5.74) is 20.3. The molecule has 6 aromatic rings. The number of aliphatic carboxylic acids is 2. The minimum atomic E-state index is -0.923. The number of carboxylic acids is 2. The molecule has 0 unspecified atom stereocenters. The minimum Gasteiger partial charge on any atom is -0.497 e. The van der Waals surface area contributed by atoms with Crippen molar-refractivity contribution in [1.29, 1.82) is 0 Å². The van der Waals surface area contributed by atoms with E-state index in [0.717, 1.165) is 45.1 Å². The quantitative estimate of drug-likeness (QED) is 0.0909. The summed E-state index contributed by atoms with van der Waals surface area (Å²) in [6.45, 7) is 5.73. The molecule has 0 aliphatic carbocycles. The summed E-state index contributed by atoms with van der Waals surface area (Å²) in [6, 6.07) is 28.0. The van der Waals surface area contributed by atoms with Crippen LogP contribution in [-0.4, -0.2) is 50.2 Å². The van der Waals surface area contributed by atoms with Crippen molar-refractivity contribution in [2.45, 2.75) is 46.5 Å². The number of nitrogens with two attached hydrogens (primary N) is 2. The van der Waals surface area contributed by atoms with Crippen LogP contribution in [0.4, 0.5) is 4.39 Å². The monoisotopic (exact) mass is 792 g/mol. The normalized spacial score (nSPS) is 10.8. The Balaban J connectivity index is 0.000000218. The van der Waals surface area contributed by atoms with Crippen LogP contribution in [-0.2, 0) is 22.4 Å². The van der Waals surface area contributed by atoms with Gasteiger partial charge in [-0.15, -0.1) is 0 Å². The summed E-state index contributed by atoms with van der Waals surface area (Å²) in [5.74, 6) is -2.50. The lowest BCUT2D eigenvalue weighted by Gasteiger charge is -2.18. The molecule has 2 aromatic heterocycles. The summed E-state index contributed by atoms with van der Waals surface area (Å²) in [7, 11) is 1.63. The predicted octanol–water partition coefficient (Wildman–Crippen LogP) is 8.25. The van der Waals surface area contributed by atoms with Gasteiger partial charge in [-0.05, 0) is 147 Å². The molecule has 0 saturated carbocycles. The highest BCUT2D eigenvalue weighted by Crippen LogP contribution is 2.34. The molecule has 294 valence electrons. The van der Waals surface area contributed by atoms with Gasteiger partial charge in [0.05, 0.1) is 31.3 Å². The molecule has 13 heteroatoms. The number of carboxylic acid groups (broad SMARTS) is 2. The highest BCUT2D eigenvalue weighted by molar-refractivity contribution is 6.30. The molecule has 0 spiro atoms. The number of methoxy groups -OCH3 is 1. The molecular formula is C44H42ClFN4O7. The van der Waals surface area contributed by atoms with Crippen molar-refractivity contribution in [2.75, 3.05) is 7.11 Å². The fourth-order valence-electron chi connectivity index (χ4n) is 6.67. The van der Waals surface area contributed by atoms with Gasteiger partial charge in [-0.3, -0.25) is 19.2 Å². The number of hydrogen-bond donors (Lipinski definition) is 4. The highest BCUT2D eigenvalue weighted by atomic mass is 35.5. The second kappa shape index (κ2) is 17.9. The summed E-state index contributed by atoms with van der Waals surface area (Å²) in [5, 5.41) is 18.5. The van der Waals surface area contributed by atoms with Crippen LogP contribution in [0.1, 0.15) is 61.6 Å². The Labute approximate surface area is 333 Å². The average Bonchev–Trinajstić information content (AvgIpc) is 3.77. The second-order valence-electron chi connectivity index (χ2n) is 13.4. The summed E-state index contributed by atoms with van der Waals surface area (Å²) < 4.78 is 23.7. The summed E-state index contributed by atoms with van der Waals surface area (Å²) >= 11 is 5.87. The van der Waals surface area contributed by atoms with Gasteiger partial charge in [0.25, 0.3) is 0 Å². The summed E-state index contributed by atoms with van der Waals surface area (Å²) in [6.07, 6.45) is 0.623. The third-order valence-corrected chi connectivity index (χ3v) is 9.71. The van der Waals surface area contributed by atoms with Crippen LogP contribution in [0.15, 0.2) is 97.1 Å². The molecule has 0 aliphatic heterocycles. The number of ether oxygens (including phenoxy) is 1. The van der Waals surface area contributed by atoms with Crippen molar-refractivity contribution in [2.24, 2.45) is 11.5 Å². The fourth-order valence-corrected chi connectivity index (χ4v) is 6.83. The van der Waals surface area contributed by atoms with Gasteiger partial charge in [0.2, 0.25) is 11.8 Å². The molecule has 0 bridgehead atoms. The van der Waals surface area contributed by atoms with Gasteiger partial charge in [0.1, 0.15) is 11.6 Å². The Bertz CT molecular complexity index is 2500. The molecule has 11 nitrogen and oxygen atoms in total. The lowest BCUT2D eigenvalue weighted by atomic mass is 10.0. The van der Waals surface area contributed by atoms with Crippen LogP contribution in [0.25, 0.3) is 33.9 Å². The van der Waals surface area contributed by atoms with E-state index in [1.54, 1.807) is 66.3 Å². The Hall–Kier alpha value is -6.66. The fraction of sp³-hybridized carbons (Fsp3) is 0.182. The van der Waals surface area contributed by atoms with Crippen LogP contribution in [0.5, 0.6) is 5.75 Å². The lowest BCUT2D eigenvalue weighted by Crippen LogP contribution is -2.12. The first-order chi connectivity index (χ1) is 27.1. The van der Waals surface area contributed by atoms with E-state index in [0.29, 0.717) is 40.2 Å². The minimum absolute atomic E-state index is 0.0312. The van der Waals surface area contributed by atoms with Crippen molar-refractivity contribution in [3.8, 4) is 39.6 Å². The van der Waals surface area contributed by atoms with E-state index in [4.69, 9.17) is 38.0 Å². The molecule has 0 radical (unpaired) electrons. The molecule has 6 N–H and O–H groups in total. The van der Waals surface area contributed by atoms with E-state index >= 15 is 0 Å². The molecule has 0 fully saturated rings.